The molecule has 0 saturated heterocycles. The predicted octanol–water partition coefficient (Wildman–Crippen LogP) is 2.16. The first-order chi connectivity index (χ1) is 11.3. The summed E-state index contributed by atoms with van der Waals surface area (Å²) in [5.41, 5.74) is 1.53. The van der Waals surface area contributed by atoms with Crippen LogP contribution < -0.4 is 16.0 Å². The molecule has 0 aliphatic carbocycles. The molecule has 0 aromatic heterocycles. The van der Waals surface area contributed by atoms with E-state index in [2.05, 4.69) is 26.1 Å². The average Bonchev–Trinajstić information content (AvgIpc) is 2.57. The van der Waals surface area contributed by atoms with Crippen molar-refractivity contribution in [3.05, 3.63) is 65.6 Å². The van der Waals surface area contributed by atoms with Gasteiger partial charge in [-0.2, -0.15) is 0 Å². The van der Waals surface area contributed by atoms with E-state index in [1.54, 1.807) is 0 Å². The SMILES string of the molecule is O=NC1C(=O)NC(Nc2ccccc2)=NC1Nc1ccccc1. The Morgan fingerprint density at radius 1 is 0.957 bits per heavy atom. The van der Waals surface area contributed by atoms with E-state index in [4.69, 9.17) is 0 Å². The van der Waals surface area contributed by atoms with Gasteiger partial charge in [0.25, 0.3) is 5.91 Å². The summed E-state index contributed by atoms with van der Waals surface area (Å²) in [5.74, 6) is -0.226. The molecule has 1 aliphatic rings. The maximum Gasteiger partial charge on any atom is 0.259 e. The molecule has 2 unspecified atom stereocenters. The Balaban J connectivity index is 1.82. The normalized spacial score (nSPS) is 20.2. The molecule has 7 nitrogen and oxygen atoms in total. The number of hydrogen-bond donors (Lipinski definition) is 3. The van der Waals surface area contributed by atoms with Crippen molar-refractivity contribution in [1.82, 2.24) is 5.32 Å². The van der Waals surface area contributed by atoms with E-state index in [-0.39, 0.29) is 5.96 Å². The fourth-order valence-electron chi connectivity index (χ4n) is 2.22. The van der Waals surface area contributed by atoms with Crippen LogP contribution in [0.4, 0.5) is 11.4 Å². The third kappa shape index (κ3) is 3.52. The Morgan fingerprint density at radius 2 is 1.57 bits per heavy atom. The van der Waals surface area contributed by atoms with Crippen molar-refractivity contribution in [3.8, 4) is 0 Å². The standard InChI is InChI=1S/C16H15N5O2/c22-15-13(21-23)14(17-11-7-3-1-4-8-11)19-16(20-15)18-12-9-5-2-6-10-12/h1-10,13-14,17H,(H2,18,19,20,22). The smallest absolute Gasteiger partial charge is 0.259 e. The molecule has 0 fully saturated rings. The number of hydrogen-bond acceptors (Lipinski definition) is 6. The summed E-state index contributed by atoms with van der Waals surface area (Å²) in [5, 5.41) is 11.5. The molecule has 116 valence electrons. The number of para-hydroxylation sites is 2. The van der Waals surface area contributed by atoms with Crippen LogP contribution in [0.1, 0.15) is 0 Å². The fourth-order valence-corrected chi connectivity index (χ4v) is 2.22. The first-order valence-corrected chi connectivity index (χ1v) is 7.11. The monoisotopic (exact) mass is 309 g/mol. The molecule has 2 aromatic carbocycles. The van der Waals surface area contributed by atoms with Crippen molar-refractivity contribution in [2.45, 2.75) is 12.2 Å². The van der Waals surface area contributed by atoms with Crippen LogP contribution in [0.5, 0.6) is 0 Å². The Kier molecular flexibility index (Phi) is 4.28. The van der Waals surface area contributed by atoms with Gasteiger partial charge in [-0.1, -0.05) is 41.6 Å². The van der Waals surface area contributed by atoms with E-state index in [0.29, 0.717) is 0 Å². The number of anilines is 2. The lowest BCUT2D eigenvalue weighted by Crippen LogP contribution is -2.53. The first kappa shape index (κ1) is 14.7. The number of nitrogens with zero attached hydrogens (tertiary/aromatic N) is 2. The van der Waals surface area contributed by atoms with Crippen LogP contribution in [0.3, 0.4) is 0 Å². The highest BCUT2D eigenvalue weighted by Crippen LogP contribution is 2.15. The highest BCUT2D eigenvalue weighted by molar-refractivity contribution is 6.07. The number of rotatable bonds is 4. The van der Waals surface area contributed by atoms with Gasteiger partial charge in [-0.05, 0) is 24.3 Å². The van der Waals surface area contributed by atoms with Crippen LogP contribution in [0.15, 0.2) is 70.8 Å². The number of aliphatic imine (C=N–C) groups is 1. The third-order valence-electron chi connectivity index (χ3n) is 3.32. The molecular formula is C16H15N5O2. The van der Waals surface area contributed by atoms with Gasteiger partial charge in [0.2, 0.25) is 12.0 Å². The second-order valence-corrected chi connectivity index (χ2v) is 4.96. The van der Waals surface area contributed by atoms with Crippen LogP contribution in [-0.4, -0.2) is 24.1 Å². The molecule has 1 heterocycles. The summed E-state index contributed by atoms with van der Waals surface area (Å²) in [6.07, 6.45) is -0.769. The van der Waals surface area contributed by atoms with Gasteiger partial charge in [-0.25, -0.2) is 4.99 Å². The van der Waals surface area contributed by atoms with E-state index in [0.717, 1.165) is 11.4 Å². The number of nitroso groups, excluding NO2 is 1. The van der Waals surface area contributed by atoms with Gasteiger partial charge in [-0.3, -0.25) is 10.1 Å². The number of guanidine groups is 1. The third-order valence-corrected chi connectivity index (χ3v) is 3.32. The zero-order chi connectivity index (χ0) is 16.1. The lowest BCUT2D eigenvalue weighted by molar-refractivity contribution is -0.121. The van der Waals surface area contributed by atoms with Crippen molar-refractivity contribution in [3.63, 3.8) is 0 Å². The molecule has 1 aliphatic heterocycles. The molecule has 2 atom stereocenters. The van der Waals surface area contributed by atoms with Gasteiger partial charge < -0.3 is 10.6 Å². The topological polar surface area (TPSA) is 95.0 Å². The van der Waals surface area contributed by atoms with E-state index >= 15 is 0 Å². The Bertz CT molecular complexity index is 718. The van der Waals surface area contributed by atoms with E-state index in [9.17, 15) is 9.70 Å². The molecule has 0 bridgehead atoms. The quantitative estimate of drug-likeness (QED) is 0.754. The molecule has 0 radical (unpaired) electrons. The lowest BCUT2D eigenvalue weighted by atomic mass is 10.2. The summed E-state index contributed by atoms with van der Waals surface area (Å²) in [6.45, 7) is 0. The fraction of sp³-hybridized carbons (Fsp3) is 0.125. The number of carbonyl (C=O) groups excluding carboxylic acids is 1. The number of nitrogens with one attached hydrogen (secondary N) is 3. The van der Waals surface area contributed by atoms with Crippen molar-refractivity contribution in [1.29, 1.82) is 0 Å². The summed E-state index contributed by atoms with van der Waals surface area (Å²) >= 11 is 0. The minimum atomic E-state index is -1.13. The molecule has 3 rings (SSSR count). The van der Waals surface area contributed by atoms with Crippen LogP contribution in [-0.2, 0) is 4.79 Å². The van der Waals surface area contributed by atoms with Crippen molar-refractivity contribution in [2.75, 3.05) is 10.6 Å². The molecule has 3 N–H and O–H groups in total. The average molecular weight is 309 g/mol. The zero-order valence-electron chi connectivity index (χ0n) is 12.1. The maximum absolute atomic E-state index is 12.1. The second kappa shape index (κ2) is 6.69. The molecule has 7 heteroatoms. The lowest BCUT2D eigenvalue weighted by Gasteiger charge is -2.26. The molecule has 0 spiro atoms. The number of amides is 1. The second-order valence-electron chi connectivity index (χ2n) is 4.96. The number of carbonyl (C=O) groups is 1. The van der Waals surface area contributed by atoms with E-state index < -0.39 is 18.1 Å². The van der Waals surface area contributed by atoms with Gasteiger partial charge in [0.05, 0.1) is 0 Å². The van der Waals surface area contributed by atoms with Crippen LogP contribution in [0.25, 0.3) is 0 Å². The summed E-state index contributed by atoms with van der Waals surface area (Å²) < 4.78 is 0. The van der Waals surface area contributed by atoms with Gasteiger partial charge in [0.15, 0.2) is 6.17 Å². The molecule has 23 heavy (non-hydrogen) atoms. The Hall–Kier alpha value is -3.22. The highest BCUT2D eigenvalue weighted by atomic mass is 16.3. The summed E-state index contributed by atoms with van der Waals surface area (Å²) in [7, 11) is 0. The van der Waals surface area contributed by atoms with Crippen molar-refractivity contribution >= 4 is 23.2 Å². The number of benzene rings is 2. The van der Waals surface area contributed by atoms with Gasteiger partial charge in [-0.15, -0.1) is 4.91 Å². The predicted molar refractivity (Wildman–Crippen MR) is 89.1 cm³/mol. The van der Waals surface area contributed by atoms with E-state index in [1.165, 1.54) is 0 Å². The Morgan fingerprint density at radius 3 is 2.17 bits per heavy atom. The first-order valence-electron chi connectivity index (χ1n) is 7.11. The maximum atomic E-state index is 12.1. The minimum absolute atomic E-state index is 0.273. The van der Waals surface area contributed by atoms with Crippen LogP contribution in [0.2, 0.25) is 0 Å². The van der Waals surface area contributed by atoms with Gasteiger partial charge >= 0.3 is 0 Å². The van der Waals surface area contributed by atoms with Crippen LogP contribution >= 0.6 is 0 Å². The largest absolute Gasteiger partial charge is 0.361 e. The van der Waals surface area contributed by atoms with Gasteiger partial charge in [0.1, 0.15) is 0 Å². The zero-order valence-corrected chi connectivity index (χ0v) is 12.1. The van der Waals surface area contributed by atoms with Crippen molar-refractivity contribution in [2.24, 2.45) is 10.2 Å². The van der Waals surface area contributed by atoms with Gasteiger partial charge in [0, 0.05) is 11.4 Å². The Labute approximate surface area is 132 Å². The van der Waals surface area contributed by atoms with Crippen molar-refractivity contribution < 1.29 is 4.79 Å². The minimum Gasteiger partial charge on any atom is -0.361 e. The molecular weight excluding hydrogens is 294 g/mol. The summed E-state index contributed by atoms with van der Waals surface area (Å²) in [6, 6.07) is 17.4. The van der Waals surface area contributed by atoms with E-state index in [1.807, 2.05) is 60.7 Å². The molecule has 0 saturated carbocycles. The van der Waals surface area contributed by atoms with Crippen LogP contribution in [0, 0.1) is 4.91 Å². The molecule has 2 aromatic rings. The highest BCUT2D eigenvalue weighted by Gasteiger charge is 2.34. The molecule has 1 amide bonds. The summed E-state index contributed by atoms with van der Waals surface area (Å²) in [4.78, 5) is 27.4.